The fourth-order valence-corrected chi connectivity index (χ4v) is 4.76. The van der Waals surface area contributed by atoms with E-state index in [4.69, 9.17) is 0 Å². The Morgan fingerprint density at radius 3 is 2.39 bits per heavy atom. The van der Waals surface area contributed by atoms with E-state index in [-0.39, 0.29) is 23.2 Å². The lowest BCUT2D eigenvalue weighted by Crippen LogP contribution is -2.51. The average Bonchev–Trinajstić information content (AvgIpc) is 2.97. The number of benzene rings is 2. The van der Waals surface area contributed by atoms with Crippen LogP contribution in [0.3, 0.4) is 0 Å². The van der Waals surface area contributed by atoms with Crippen LogP contribution in [0, 0.1) is 0 Å². The topological polar surface area (TPSA) is 113 Å². The molecule has 4 rings (SSSR count). The van der Waals surface area contributed by atoms with Gasteiger partial charge in [0.1, 0.15) is 6.04 Å². The number of nitrogens with one attached hydrogen (secondary N) is 2. The van der Waals surface area contributed by atoms with Crippen molar-refractivity contribution in [2.24, 2.45) is 0 Å². The molecule has 1 fully saturated rings. The Hall–Kier alpha value is -3.67. The summed E-state index contributed by atoms with van der Waals surface area (Å²) in [6.07, 6.45) is -4.15. The molecule has 1 unspecified atom stereocenters. The Balaban J connectivity index is 1.61. The van der Waals surface area contributed by atoms with Crippen LogP contribution >= 0.6 is 0 Å². The van der Waals surface area contributed by atoms with Gasteiger partial charge >= 0.3 is 6.18 Å². The third-order valence-electron chi connectivity index (χ3n) is 5.28. The maximum Gasteiger partial charge on any atom is 0.416 e. The zero-order valence-electron chi connectivity index (χ0n) is 16.8. The molecule has 2 aromatic rings. The van der Waals surface area contributed by atoms with Crippen molar-refractivity contribution >= 4 is 33.4 Å². The van der Waals surface area contributed by atoms with Crippen LogP contribution in [0.5, 0.6) is 0 Å². The van der Waals surface area contributed by atoms with E-state index in [9.17, 15) is 36.0 Å². The zero-order chi connectivity index (χ0) is 24.1. The lowest BCUT2D eigenvalue weighted by atomic mass is 10.0. The first-order valence-corrected chi connectivity index (χ1v) is 11.1. The number of nitrogens with zero attached hydrogens (tertiary/aromatic N) is 1. The summed E-state index contributed by atoms with van der Waals surface area (Å²) in [7, 11) is -4.43. The fraction of sp³-hybridized carbons (Fsp3) is 0.190. The summed E-state index contributed by atoms with van der Waals surface area (Å²) >= 11 is 0. The van der Waals surface area contributed by atoms with E-state index in [0.29, 0.717) is 18.2 Å². The monoisotopic (exact) mass is 479 g/mol. The van der Waals surface area contributed by atoms with Crippen molar-refractivity contribution in [2.45, 2.75) is 30.0 Å². The van der Waals surface area contributed by atoms with Crippen molar-refractivity contribution in [3.8, 4) is 0 Å². The van der Waals surface area contributed by atoms with Gasteiger partial charge < -0.3 is 5.32 Å². The first-order valence-electron chi connectivity index (χ1n) is 9.59. The van der Waals surface area contributed by atoms with E-state index in [1.807, 2.05) is 0 Å². The number of amides is 3. The van der Waals surface area contributed by atoms with Gasteiger partial charge in [0.25, 0.3) is 21.8 Å². The number of rotatable bonds is 4. The number of piperidine rings is 1. The van der Waals surface area contributed by atoms with Gasteiger partial charge in [-0.05, 0) is 49.2 Å². The summed E-state index contributed by atoms with van der Waals surface area (Å²) in [6, 6.07) is 5.70. The summed E-state index contributed by atoms with van der Waals surface area (Å²) in [5.41, 5.74) is -0.931. The van der Waals surface area contributed by atoms with Crippen LogP contribution in [-0.4, -0.2) is 37.1 Å². The summed E-state index contributed by atoms with van der Waals surface area (Å²) in [5, 5.41) is 2.50. The predicted octanol–water partition coefficient (Wildman–Crippen LogP) is 2.89. The number of carbonyl (C=O) groups excluding carboxylic acids is 3. The van der Waals surface area contributed by atoms with Crippen molar-refractivity contribution < 1.29 is 36.0 Å². The Morgan fingerprint density at radius 1 is 1.03 bits per heavy atom. The highest BCUT2D eigenvalue weighted by molar-refractivity contribution is 7.92. The van der Waals surface area contributed by atoms with Crippen molar-refractivity contribution in [2.75, 3.05) is 4.72 Å². The molecule has 2 aliphatic heterocycles. The molecule has 3 amide bonds. The molecular formula is C21H16F3N3O5S. The Labute approximate surface area is 186 Å². The second-order valence-electron chi connectivity index (χ2n) is 7.52. The van der Waals surface area contributed by atoms with Crippen LogP contribution in [0.15, 0.2) is 59.6 Å². The van der Waals surface area contributed by atoms with E-state index < -0.39 is 50.4 Å². The van der Waals surface area contributed by atoms with E-state index in [0.717, 1.165) is 29.2 Å². The fourth-order valence-electron chi connectivity index (χ4n) is 3.67. The van der Waals surface area contributed by atoms with Gasteiger partial charge in [-0.25, -0.2) is 8.42 Å². The predicted molar refractivity (Wildman–Crippen MR) is 109 cm³/mol. The van der Waals surface area contributed by atoms with Crippen molar-refractivity contribution in [3.63, 3.8) is 0 Å². The van der Waals surface area contributed by atoms with E-state index in [1.165, 1.54) is 12.1 Å². The largest absolute Gasteiger partial charge is 0.416 e. The first-order chi connectivity index (χ1) is 15.4. The number of alkyl halides is 3. The number of allylic oxidation sites excluding steroid dienone is 1. The summed E-state index contributed by atoms with van der Waals surface area (Å²) in [6.45, 7) is 3.64. The Bertz CT molecular complexity index is 1320. The van der Waals surface area contributed by atoms with Gasteiger partial charge in [0, 0.05) is 11.4 Å². The van der Waals surface area contributed by atoms with Crippen LogP contribution in [0.2, 0.25) is 0 Å². The maximum absolute atomic E-state index is 12.9. The third-order valence-corrected chi connectivity index (χ3v) is 6.65. The second-order valence-corrected chi connectivity index (χ2v) is 9.20. The van der Waals surface area contributed by atoms with E-state index in [2.05, 4.69) is 16.6 Å². The lowest BCUT2D eigenvalue weighted by Gasteiger charge is -2.29. The molecule has 2 aliphatic rings. The second kappa shape index (κ2) is 7.73. The van der Waals surface area contributed by atoms with Crippen molar-refractivity contribution in [3.05, 3.63) is 71.4 Å². The minimum absolute atomic E-state index is 0.0146. The Kier molecular flexibility index (Phi) is 5.27. The molecule has 0 radical (unpaired) electrons. The number of sulfonamides is 1. The number of halogens is 3. The number of hydrogen-bond donors (Lipinski definition) is 2. The molecule has 0 bridgehead atoms. The quantitative estimate of drug-likeness (QED) is 0.655. The van der Waals surface area contributed by atoms with Gasteiger partial charge in [-0.2, -0.15) is 13.2 Å². The molecule has 8 nitrogen and oxygen atoms in total. The number of hydrogen-bond acceptors (Lipinski definition) is 5. The van der Waals surface area contributed by atoms with Crippen molar-refractivity contribution in [1.82, 2.24) is 10.2 Å². The number of imide groups is 1. The van der Waals surface area contributed by atoms with Gasteiger partial charge in [-0.1, -0.05) is 12.6 Å². The molecule has 172 valence electrons. The third kappa shape index (κ3) is 4.09. The molecule has 0 aromatic heterocycles. The highest BCUT2D eigenvalue weighted by Gasteiger charge is 2.44. The number of fused-ring (bicyclic) bond motifs is 1. The minimum Gasteiger partial charge on any atom is -0.329 e. The van der Waals surface area contributed by atoms with Gasteiger partial charge in [0.15, 0.2) is 0 Å². The SMILES string of the molecule is C=C1CCC(N2C(=O)c3ccc(NS(=O)(=O)c4cccc(C(F)(F)F)c4)cc3C2=O)C(=O)N1. The van der Waals surface area contributed by atoms with Gasteiger partial charge in [-0.3, -0.25) is 24.0 Å². The molecule has 0 saturated carbocycles. The molecule has 0 spiro atoms. The molecule has 1 atom stereocenters. The Morgan fingerprint density at radius 2 is 1.73 bits per heavy atom. The minimum atomic E-state index is -4.73. The summed E-state index contributed by atoms with van der Waals surface area (Å²) < 4.78 is 66.1. The number of carbonyl (C=O) groups is 3. The first kappa shape index (κ1) is 22.5. The van der Waals surface area contributed by atoms with Crippen LogP contribution in [0.4, 0.5) is 18.9 Å². The van der Waals surface area contributed by atoms with Gasteiger partial charge in [0.05, 0.1) is 21.6 Å². The molecule has 1 saturated heterocycles. The maximum atomic E-state index is 12.9. The zero-order valence-corrected chi connectivity index (χ0v) is 17.6. The molecule has 0 aliphatic carbocycles. The molecule has 2 heterocycles. The molecule has 2 aromatic carbocycles. The lowest BCUT2D eigenvalue weighted by molar-refractivity contribution is -0.137. The smallest absolute Gasteiger partial charge is 0.329 e. The standard InChI is InChI=1S/C21H16F3N3O5S/c1-11-5-8-17(18(28)25-11)27-19(29)15-7-6-13(10-16(15)20(27)30)26-33(31,32)14-4-2-3-12(9-14)21(22,23)24/h2-4,6-7,9-10,17,26H,1,5,8H2,(H,25,28). The van der Waals surface area contributed by atoms with Crippen LogP contribution in [-0.2, 0) is 21.0 Å². The van der Waals surface area contributed by atoms with Crippen LogP contribution in [0.1, 0.15) is 39.1 Å². The average molecular weight is 479 g/mol. The van der Waals surface area contributed by atoms with E-state index in [1.54, 1.807) is 0 Å². The molecule has 12 heteroatoms. The van der Waals surface area contributed by atoms with Crippen LogP contribution in [0.25, 0.3) is 0 Å². The highest BCUT2D eigenvalue weighted by Crippen LogP contribution is 2.33. The van der Waals surface area contributed by atoms with Crippen molar-refractivity contribution in [1.29, 1.82) is 0 Å². The van der Waals surface area contributed by atoms with Gasteiger partial charge in [0.2, 0.25) is 5.91 Å². The molecular weight excluding hydrogens is 463 g/mol. The summed E-state index contributed by atoms with van der Waals surface area (Å²) in [5.74, 6) is -2.02. The normalized spacial score (nSPS) is 18.9. The van der Waals surface area contributed by atoms with Crippen LogP contribution < -0.4 is 10.0 Å². The molecule has 2 N–H and O–H groups in total. The highest BCUT2D eigenvalue weighted by atomic mass is 32.2. The number of anilines is 1. The van der Waals surface area contributed by atoms with Gasteiger partial charge in [-0.15, -0.1) is 0 Å². The molecule has 33 heavy (non-hydrogen) atoms. The summed E-state index contributed by atoms with van der Waals surface area (Å²) in [4.78, 5) is 38.1. The van der Waals surface area contributed by atoms with E-state index >= 15 is 0 Å².